The normalized spacial score (nSPS) is 36.2. The van der Waals surface area contributed by atoms with Gasteiger partial charge in [-0.3, -0.25) is 28.9 Å². The first-order chi connectivity index (χ1) is 24.5. The molecule has 0 bridgehead atoms. The zero-order chi connectivity index (χ0) is 38.3. The van der Waals surface area contributed by atoms with E-state index < -0.39 is 36.0 Å². The van der Waals surface area contributed by atoms with Gasteiger partial charge in [0, 0.05) is 37.9 Å². The number of imide groups is 1. The van der Waals surface area contributed by atoms with Crippen LogP contribution >= 0.6 is 23.4 Å². The number of alkyl halides is 1. The molecule has 0 spiro atoms. The van der Waals surface area contributed by atoms with Crippen LogP contribution in [0, 0.1) is 5.92 Å². The second-order valence-corrected chi connectivity index (χ2v) is 16.0. The Morgan fingerprint density at radius 3 is 2.48 bits per heavy atom. The molecule has 0 aromatic heterocycles. The number of carbonyl (C=O) groups excluding carboxylic acids is 5. The molecular weight excluding hydrogens is 714 g/mol. The van der Waals surface area contributed by atoms with Gasteiger partial charge in [-0.15, -0.1) is 11.6 Å². The van der Waals surface area contributed by atoms with Crippen LogP contribution in [0.25, 0.3) is 0 Å². The number of ether oxygens (including phenoxy) is 3. The van der Waals surface area contributed by atoms with E-state index in [2.05, 4.69) is 17.6 Å². The number of likely N-dealkylation sites (tertiary alicyclic amines) is 1. The molecule has 3 heterocycles. The van der Waals surface area contributed by atoms with Crippen LogP contribution in [0.5, 0.6) is 0 Å². The molecule has 15 heteroatoms. The van der Waals surface area contributed by atoms with Crippen molar-refractivity contribution in [2.24, 2.45) is 5.92 Å². The minimum Gasteiger partial charge on any atom is -0.459 e. The number of thioether (sulfide) groups is 1. The van der Waals surface area contributed by atoms with Gasteiger partial charge < -0.3 is 35.1 Å². The van der Waals surface area contributed by atoms with Crippen LogP contribution in [0.1, 0.15) is 79.6 Å². The second kappa shape index (κ2) is 18.5. The Morgan fingerprint density at radius 2 is 1.85 bits per heavy atom. The molecule has 0 radical (unpaired) electrons. The molecule has 3 saturated heterocycles. The fourth-order valence-electron chi connectivity index (χ4n) is 7.25. The van der Waals surface area contributed by atoms with E-state index in [9.17, 15) is 34.2 Å². The highest BCUT2D eigenvalue weighted by Gasteiger charge is 2.49. The second-order valence-electron chi connectivity index (χ2n) is 14.7. The smallest absolute Gasteiger partial charge is 0.303 e. The maximum Gasteiger partial charge on any atom is 0.303 e. The van der Waals surface area contributed by atoms with E-state index in [1.807, 2.05) is 26.2 Å². The van der Waals surface area contributed by atoms with Crippen LogP contribution in [0.3, 0.4) is 0 Å². The Kier molecular flexibility index (Phi) is 15.0. The zero-order valence-corrected chi connectivity index (χ0v) is 32.4. The molecule has 4 aliphatic rings. The summed E-state index contributed by atoms with van der Waals surface area (Å²) >= 11 is 7.48. The van der Waals surface area contributed by atoms with Crippen molar-refractivity contribution < 1.29 is 48.4 Å². The number of carbonyl (C=O) groups is 5. The SMILES string of the molecule is CSC1CC(=O)N([C@H]2C[C@H](NC(=O)C[C@@H]3C[C@@](O)(CCl)[C@H](O)[C@@H](/C=C/C(C)=C/C[C@@H]4O[C@H](C)[C@H](NC(=O)/C=C\[C@H](C)OC(C)=O)C[C@@H]4C)O3)C2)C1=O. The first-order valence-electron chi connectivity index (χ1n) is 18.0. The lowest BCUT2D eigenvalue weighted by Crippen LogP contribution is -2.59. The molecule has 1 saturated carbocycles. The molecule has 52 heavy (non-hydrogen) atoms. The lowest BCUT2D eigenvalue weighted by atomic mass is 9.83. The Hall–Kier alpha value is -2.75. The average Bonchev–Trinajstić information content (AvgIpc) is 3.34. The average molecular weight is 768 g/mol. The van der Waals surface area contributed by atoms with Crippen LogP contribution in [0.15, 0.2) is 36.0 Å². The number of rotatable bonds is 14. The summed E-state index contributed by atoms with van der Waals surface area (Å²) < 4.78 is 17.4. The van der Waals surface area contributed by atoms with E-state index in [1.54, 1.807) is 19.1 Å². The first-order valence-corrected chi connectivity index (χ1v) is 19.8. The Labute approximate surface area is 315 Å². The van der Waals surface area contributed by atoms with E-state index in [1.165, 1.54) is 35.7 Å². The standard InChI is InChI=1S/C37H54ClN3O10S/c1-20(7-10-29-21(2)13-28(23(4)50-29)40-32(43)12-9-22(3)49-24(5)42)8-11-30-35(46)37(48,19-38)18-27(51-30)16-33(44)39-25-14-26(15-25)41-34(45)17-31(52-6)36(41)47/h7-9,11-12,21-23,25-31,35,46,48H,10,13-19H2,1-6H3,(H,39,44)(H,40,43)/b11-8+,12-9-,20-7+/t21-,22-,23+,25-,26-,27+,28+,29-,30+,31?,35+,37+/m0/s1. The summed E-state index contributed by atoms with van der Waals surface area (Å²) in [7, 11) is 0. The molecule has 4 N–H and O–H groups in total. The van der Waals surface area contributed by atoms with Crippen molar-refractivity contribution in [3.8, 4) is 0 Å². The van der Waals surface area contributed by atoms with E-state index in [0.29, 0.717) is 19.3 Å². The predicted octanol–water partition coefficient (Wildman–Crippen LogP) is 2.70. The van der Waals surface area contributed by atoms with Gasteiger partial charge in [0.1, 0.15) is 23.9 Å². The fraction of sp³-hybridized carbons (Fsp3) is 0.703. The Balaban J connectivity index is 1.25. The number of hydrogen-bond donors (Lipinski definition) is 4. The van der Waals surface area contributed by atoms with Crippen molar-refractivity contribution in [1.82, 2.24) is 15.5 Å². The van der Waals surface area contributed by atoms with E-state index in [-0.39, 0.29) is 90.3 Å². The van der Waals surface area contributed by atoms with Gasteiger partial charge in [-0.1, -0.05) is 30.7 Å². The Morgan fingerprint density at radius 1 is 1.13 bits per heavy atom. The minimum absolute atomic E-state index is 0.0232. The molecule has 4 amide bonds. The van der Waals surface area contributed by atoms with Crippen molar-refractivity contribution in [2.45, 2.75) is 145 Å². The van der Waals surface area contributed by atoms with Crippen LogP contribution in [0.2, 0.25) is 0 Å². The number of nitrogens with zero attached hydrogens (tertiary/aromatic N) is 1. The lowest BCUT2D eigenvalue weighted by molar-refractivity contribution is -0.195. The number of halogens is 1. The van der Waals surface area contributed by atoms with Gasteiger partial charge in [0.2, 0.25) is 23.6 Å². The summed E-state index contributed by atoms with van der Waals surface area (Å²) in [5, 5.41) is 27.7. The number of hydrogen-bond acceptors (Lipinski definition) is 11. The number of aliphatic hydroxyl groups is 2. The third-order valence-electron chi connectivity index (χ3n) is 10.3. The fourth-order valence-corrected chi connectivity index (χ4v) is 8.15. The minimum atomic E-state index is -1.66. The summed E-state index contributed by atoms with van der Waals surface area (Å²) in [6, 6.07) is -0.566. The molecule has 3 aliphatic heterocycles. The molecule has 0 aromatic rings. The van der Waals surface area contributed by atoms with Crippen molar-refractivity contribution in [3.63, 3.8) is 0 Å². The summed E-state index contributed by atoms with van der Waals surface area (Å²) in [5.41, 5.74) is -0.776. The van der Waals surface area contributed by atoms with E-state index >= 15 is 0 Å². The van der Waals surface area contributed by atoms with Gasteiger partial charge in [-0.25, -0.2) is 0 Å². The maximum atomic E-state index is 13.0. The van der Waals surface area contributed by atoms with Crippen molar-refractivity contribution in [3.05, 3.63) is 36.0 Å². The lowest BCUT2D eigenvalue weighted by Gasteiger charge is -2.44. The van der Waals surface area contributed by atoms with Gasteiger partial charge in [0.05, 0.1) is 41.9 Å². The summed E-state index contributed by atoms with van der Waals surface area (Å²) in [6.45, 7) is 8.89. The highest BCUT2D eigenvalue weighted by atomic mass is 35.5. The predicted molar refractivity (Wildman–Crippen MR) is 196 cm³/mol. The monoisotopic (exact) mass is 767 g/mol. The van der Waals surface area contributed by atoms with Gasteiger partial charge in [0.15, 0.2) is 0 Å². The summed E-state index contributed by atoms with van der Waals surface area (Å²) in [4.78, 5) is 62.7. The summed E-state index contributed by atoms with van der Waals surface area (Å²) in [6.07, 6.45) is 8.91. The number of amides is 4. The molecule has 290 valence electrons. The van der Waals surface area contributed by atoms with E-state index in [4.69, 9.17) is 25.8 Å². The third kappa shape index (κ3) is 10.9. The number of nitrogens with one attached hydrogen (secondary N) is 2. The van der Waals surface area contributed by atoms with Crippen molar-refractivity contribution >= 4 is 53.0 Å². The van der Waals surface area contributed by atoms with Crippen LogP contribution in [0.4, 0.5) is 0 Å². The van der Waals surface area contributed by atoms with Crippen molar-refractivity contribution in [1.29, 1.82) is 0 Å². The summed E-state index contributed by atoms with van der Waals surface area (Å²) in [5.74, 6) is -1.41. The number of esters is 1. The van der Waals surface area contributed by atoms with Crippen LogP contribution in [-0.2, 0) is 38.2 Å². The third-order valence-corrected chi connectivity index (χ3v) is 11.7. The molecule has 4 rings (SSSR count). The maximum absolute atomic E-state index is 13.0. The van der Waals surface area contributed by atoms with Gasteiger partial charge in [0.25, 0.3) is 0 Å². The van der Waals surface area contributed by atoms with Gasteiger partial charge in [-0.2, -0.15) is 11.8 Å². The molecular formula is C37H54ClN3O10S. The molecule has 0 aromatic carbocycles. The van der Waals surface area contributed by atoms with Gasteiger partial charge >= 0.3 is 5.97 Å². The zero-order valence-electron chi connectivity index (χ0n) is 30.8. The highest BCUT2D eigenvalue weighted by molar-refractivity contribution is 8.00. The van der Waals surface area contributed by atoms with Crippen LogP contribution in [-0.4, -0.2) is 122 Å². The Bertz CT molecular complexity index is 1420. The molecule has 4 fully saturated rings. The molecule has 10 atom stereocenters. The highest BCUT2D eigenvalue weighted by Crippen LogP contribution is 2.35. The van der Waals surface area contributed by atoms with Crippen LogP contribution < -0.4 is 10.6 Å². The first kappa shape index (κ1) is 42.0. The number of allylic oxidation sites excluding steroid dienone is 2. The number of aliphatic hydroxyl groups excluding tert-OH is 1. The van der Waals surface area contributed by atoms with Crippen molar-refractivity contribution in [2.75, 3.05) is 12.1 Å². The molecule has 1 aliphatic carbocycles. The topological polar surface area (TPSA) is 181 Å². The molecule has 1 unspecified atom stereocenters. The largest absolute Gasteiger partial charge is 0.459 e. The quantitative estimate of drug-likeness (QED) is 0.0671. The molecule has 13 nitrogen and oxygen atoms in total. The van der Waals surface area contributed by atoms with Gasteiger partial charge in [-0.05, 0) is 64.7 Å². The van der Waals surface area contributed by atoms with E-state index in [0.717, 1.165) is 12.0 Å².